The van der Waals surface area contributed by atoms with Crippen molar-refractivity contribution in [2.45, 2.75) is 32.6 Å². The molecule has 0 amide bonds. The number of H-pyrrole nitrogens is 1. The molecule has 0 fully saturated rings. The van der Waals surface area contributed by atoms with Crippen LogP contribution in [0.25, 0.3) is 22.4 Å². The molecule has 20 heavy (non-hydrogen) atoms. The first-order chi connectivity index (χ1) is 9.78. The third-order valence-electron chi connectivity index (χ3n) is 3.51. The number of fused-ring (bicyclic) bond motifs is 1. The van der Waals surface area contributed by atoms with Gasteiger partial charge in [-0.1, -0.05) is 20.3 Å². The fourth-order valence-corrected chi connectivity index (χ4v) is 2.42. The number of nitrogens with zero attached hydrogens (tertiary/aromatic N) is 3. The largest absolute Gasteiger partial charge is 0.342 e. The van der Waals surface area contributed by atoms with E-state index in [9.17, 15) is 0 Å². The third kappa shape index (κ3) is 2.41. The topological polar surface area (TPSA) is 54.5 Å². The molecule has 0 aliphatic carbocycles. The summed E-state index contributed by atoms with van der Waals surface area (Å²) < 4.78 is 0. The molecule has 0 aliphatic rings. The van der Waals surface area contributed by atoms with E-state index >= 15 is 0 Å². The van der Waals surface area contributed by atoms with Gasteiger partial charge in [0.25, 0.3) is 0 Å². The number of rotatable bonds is 4. The Morgan fingerprint density at radius 2 is 2.00 bits per heavy atom. The van der Waals surface area contributed by atoms with Crippen LogP contribution in [0.2, 0.25) is 0 Å². The number of aromatic amines is 1. The molecule has 0 saturated carbocycles. The lowest BCUT2D eigenvalue weighted by atomic mass is 10.1. The van der Waals surface area contributed by atoms with Gasteiger partial charge >= 0.3 is 0 Å². The van der Waals surface area contributed by atoms with Crippen molar-refractivity contribution in [1.29, 1.82) is 0 Å². The second-order valence-corrected chi connectivity index (χ2v) is 5.12. The van der Waals surface area contributed by atoms with Gasteiger partial charge in [-0.15, -0.1) is 0 Å². The molecule has 0 radical (unpaired) electrons. The van der Waals surface area contributed by atoms with Crippen LogP contribution in [-0.2, 0) is 0 Å². The molecule has 1 N–H and O–H groups in total. The maximum absolute atomic E-state index is 4.67. The van der Waals surface area contributed by atoms with Crippen molar-refractivity contribution in [1.82, 2.24) is 19.9 Å². The SMILES string of the molecule is CCCC(C)c1nc2ccc(-c3ncccn3)cc2[nH]1. The quantitative estimate of drug-likeness (QED) is 0.778. The van der Waals surface area contributed by atoms with Gasteiger partial charge in [0.2, 0.25) is 0 Å². The second kappa shape index (κ2) is 5.41. The van der Waals surface area contributed by atoms with Crippen LogP contribution in [0, 0.1) is 0 Å². The summed E-state index contributed by atoms with van der Waals surface area (Å²) in [6.45, 7) is 4.41. The van der Waals surface area contributed by atoms with E-state index in [-0.39, 0.29) is 0 Å². The lowest BCUT2D eigenvalue weighted by molar-refractivity contribution is 0.636. The summed E-state index contributed by atoms with van der Waals surface area (Å²) in [6, 6.07) is 7.94. The molecule has 1 aromatic carbocycles. The minimum Gasteiger partial charge on any atom is -0.342 e. The molecule has 0 spiro atoms. The summed E-state index contributed by atoms with van der Waals surface area (Å²) >= 11 is 0. The van der Waals surface area contributed by atoms with Gasteiger partial charge in [0.05, 0.1) is 11.0 Å². The summed E-state index contributed by atoms with van der Waals surface area (Å²) in [4.78, 5) is 16.7. The fourth-order valence-electron chi connectivity index (χ4n) is 2.42. The average molecular weight is 266 g/mol. The first kappa shape index (κ1) is 12.8. The molecule has 4 heteroatoms. The summed E-state index contributed by atoms with van der Waals surface area (Å²) in [5, 5.41) is 0. The molecule has 4 nitrogen and oxygen atoms in total. The van der Waals surface area contributed by atoms with E-state index in [1.54, 1.807) is 12.4 Å². The number of hydrogen-bond donors (Lipinski definition) is 1. The molecular formula is C16H18N4. The van der Waals surface area contributed by atoms with Crippen molar-refractivity contribution in [3.63, 3.8) is 0 Å². The maximum Gasteiger partial charge on any atom is 0.159 e. The van der Waals surface area contributed by atoms with Gasteiger partial charge in [0.1, 0.15) is 5.82 Å². The van der Waals surface area contributed by atoms with Crippen LogP contribution in [0.15, 0.2) is 36.7 Å². The van der Waals surface area contributed by atoms with Crippen molar-refractivity contribution in [3.8, 4) is 11.4 Å². The van der Waals surface area contributed by atoms with Gasteiger partial charge in [-0.05, 0) is 30.7 Å². The van der Waals surface area contributed by atoms with Crippen LogP contribution in [0.5, 0.6) is 0 Å². The monoisotopic (exact) mass is 266 g/mol. The van der Waals surface area contributed by atoms with Crippen LogP contribution in [0.1, 0.15) is 38.4 Å². The van der Waals surface area contributed by atoms with E-state index in [4.69, 9.17) is 0 Å². The highest BCUT2D eigenvalue weighted by atomic mass is 14.9. The zero-order valence-electron chi connectivity index (χ0n) is 11.8. The van der Waals surface area contributed by atoms with Gasteiger partial charge in [-0.3, -0.25) is 0 Å². The molecule has 3 rings (SSSR count). The van der Waals surface area contributed by atoms with Crippen molar-refractivity contribution >= 4 is 11.0 Å². The van der Waals surface area contributed by atoms with E-state index < -0.39 is 0 Å². The average Bonchev–Trinajstić information content (AvgIpc) is 2.91. The summed E-state index contributed by atoms with van der Waals surface area (Å²) in [5.74, 6) is 2.27. The lowest BCUT2D eigenvalue weighted by Crippen LogP contribution is -1.94. The zero-order valence-corrected chi connectivity index (χ0v) is 11.8. The van der Waals surface area contributed by atoms with Crippen molar-refractivity contribution in [2.75, 3.05) is 0 Å². The standard InChI is InChI=1S/C16H18N4/c1-3-5-11(2)15-19-13-7-6-12(10-14(13)20-15)16-17-8-4-9-18-16/h4,6-11H,3,5H2,1-2H3,(H,19,20). The van der Waals surface area contributed by atoms with Crippen LogP contribution in [-0.4, -0.2) is 19.9 Å². The van der Waals surface area contributed by atoms with Gasteiger partial charge < -0.3 is 4.98 Å². The van der Waals surface area contributed by atoms with Gasteiger partial charge in [-0.2, -0.15) is 0 Å². The first-order valence-electron chi connectivity index (χ1n) is 7.05. The van der Waals surface area contributed by atoms with Gasteiger partial charge in [-0.25, -0.2) is 15.0 Å². The number of benzene rings is 1. The van der Waals surface area contributed by atoms with Gasteiger partial charge in [0.15, 0.2) is 5.82 Å². The Balaban J connectivity index is 1.99. The number of hydrogen-bond acceptors (Lipinski definition) is 3. The molecule has 102 valence electrons. The van der Waals surface area contributed by atoms with E-state index in [1.807, 2.05) is 18.2 Å². The van der Waals surface area contributed by atoms with E-state index in [2.05, 4.69) is 39.8 Å². The molecule has 0 bridgehead atoms. The lowest BCUT2D eigenvalue weighted by Gasteiger charge is -2.04. The van der Waals surface area contributed by atoms with Crippen LogP contribution < -0.4 is 0 Å². The number of aromatic nitrogens is 4. The van der Waals surface area contributed by atoms with Gasteiger partial charge in [0, 0.05) is 23.9 Å². The molecule has 1 unspecified atom stereocenters. The second-order valence-electron chi connectivity index (χ2n) is 5.12. The van der Waals surface area contributed by atoms with Crippen LogP contribution >= 0.6 is 0 Å². The molecule has 2 heterocycles. The molecular weight excluding hydrogens is 248 g/mol. The predicted molar refractivity (Wildman–Crippen MR) is 80.4 cm³/mol. The summed E-state index contributed by atoms with van der Waals surface area (Å²) in [5.41, 5.74) is 3.06. The van der Waals surface area contributed by atoms with Crippen molar-refractivity contribution in [3.05, 3.63) is 42.5 Å². The Morgan fingerprint density at radius 1 is 1.20 bits per heavy atom. The van der Waals surface area contributed by atoms with E-state index in [1.165, 1.54) is 6.42 Å². The molecule has 1 atom stereocenters. The Hall–Kier alpha value is -2.23. The normalized spacial score (nSPS) is 12.7. The van der Waals surface area contributed by atoms with E-state index in [0.717, 1.165) is 34.7 Å². The smallest absolute Gasteiger partial charge is 0.159 e. The zero-order chi connectivity index (χ0) is 13.9. The highest BCUT2D eigenvalue weighted by Crippen LogP contribution is 2.24. The number of imidazole rings is 1. The molecule has 3 aromatic rings. The molecule has 0 aliphatic heterocycles. The summed E-state index contributed by atoms with van der Waals surface area (Å²) in [7, 11) is 0. The van der Waals surface area contributed by atoms with E-state index in [0.29, 0.717) is 5.92 Å². The highest BCUT2D eigenvalue weighted by molar-refractivity contribution is 5.80. The van der Waals surface area contributed by atoms with Crippen molar-refractivity contribution < 1.29 is 0 Å². The Bertz CT molecular complexity index is 703. The summed E-state index contributed by atoms with van der Waals surface area (Å²) in [6.07, 6.45) is 5.83. The minimum atomic E-state index is 0.462. The molecule has 0 saturated heterocycles. The Kier molecular flexibility index (Phi) is 3.46. The number of nitrogens with one attached hydrogen (secondary N) is 1. The Labute approximate surface area is 118 Å². The van der Waals surface area contributed by atoms with Crippen LogP contribution in [0.3, 0.4) is 0 Å². The van der Waals surface area contributed by atoms with Crippen LogP contribution in [0.4, 0.5) is 0 Å². The minimum absolute atomic E-state index is 0.462. The van der Waals surface area contributed by atoms with Crippen molar-refractivity contribution in [2.24, 2.45) is 0 Å². The fraction of sp³-hybridized carbons (Fsp3) is 0.312. The first-order valence-corrected chi connectivity index (χ1v) is 7.05. The highest BCUT2D eigenvalue weighted by Gasteiger charge is 2.11. The third-order valence-corrected chi connectivity index (χ3v) is 3.51. The molecule has 2 aromatic heterocycles. The predicted octanol–water partition coefficient (Wildman–Crippen LogP) is 3.92. The Morgan fingerprint density at radius 3 is 2.75 bits per heavy atom. The maximum atomic E-state index is 4.67.